The lowest BCUT2D eigenvalue weighted by Crippen LogP contribution is -2.44. The fourth-order valence-electron chi connectivity index (χ4n) is 2.46. The van der Waals surface area contributed by atoms with Crippen LogP contribution in [0.15, 0.2) is 42.6 Å². The molecule has 0 unspecified atom stereocenters. The summed E-state index contributed by atoms with van der Waals surface area (Å²) >= 11 is 6.29. The number of benzene rings is 1. The van der Waals surface area contributed by atoms with E-state index in [0.717, 1.165) is 31.7 Å². The van der Waals surface area contributed by atoms with E-state index in [1.54, 1.807) is 6.07 Å². The maximum atomic E-state index is 12.1. The van der Waals surface area contributed by atoms with Gasteiger partial charge in [0.2, 0.25) is 0 Å². The molecule has 0 atom stereocenters. The number of ether oxygens (including phenoxy) is 1. The molecule has 0 amide bonds. The highest BCUT2D eigenvalue weighted by Crippen LogP contribution is 2.24. The van der Waals surface area contributed by atoms with E-state index in [4.69, 9.17) is 16.3 Å². The largest absolute Gasteiger partial charge is 0.457 e. The van der Waals surface area contributed by atoms with Crippen LogP contribution in [0.3, 0.4) is 0 Å². The van der Waals surface area contributed by atoms with Crippen molar-refractivity contribution in [3.05, 3.63) is 58.7 Å². The van der Waals surface area contributed by atoms with Crippen LogP contribution in [-0.2, 0) is 11.3 Å². The summed E-state index contributed by atoms with van der Waals surface area (Å²) in [7, 11) is 0. The van der Waals surface area contributed by atoms with Crippen LogP contribution in [0.25, 0.3) is 0 Å². The molecule has 1 fully saturated rings. The number of aromatic nitrogens is 1. The van der Waals surface area contributed by atoms with Crippen molar-refractivity contribution in [2.45, 2.75) is 6.61 Å². The van der Waals surface area contributed by atoms with Crippen LogP contribution in [0.5, 0.6) is 0 Å². The normalized spacial score (nSPS) is 14.0. The minimum absolute atomic E-state index is 0. The number of hydrogen-bond donors (Lipinski definition) is 1. The first-order valence-electron chi connectivity index (χ1n) is 7.56. The fraction of sp³-hybridized carbons (Fsp3) is 0.294. The maximum Gasteiger partial charge on any atom is 0.340 e. The van der Waals surface area contributed by atoms with E-state index in [9.17, 15) is 4.79 Å². The van der Waals surface area contributed by atoms with Crippen LogP contribution in [-0.4, -0.2) is 37.1 Å². The van der Waals surface area contributed by atoms with Gasteiger partial charge in [-0.25, -0.2) is 9.78 Å². The number of carbonyl (C=O) groups is 1. The van der Waals surface area contributed by atoms with Gasteiger partial charge in [-0.3, -0.25) is 0 Å². The molecule has 0 spiro atoms. The van der Waals surface area contributed by atoms with Gasteiger partial charge in [-0.2, -0.15) is 0 Å². The summed E-state index contributed by atoms with van der Waals surface area (Å²) in [5, 5.41) is 3.75. The van der Waals surface area contributed by atoms with Gasteiger partial charge in [-0.05, 0) is 11.6 Å². The third-order valence-electron chi connectivity index (χ3n) is 3.69. The highest BCUT2D eigenvalue weighted by atomic mass is 35.5. The highest BCUT2D eigenvalue weighted by molar-refractivity contribution is 6.33. The smallest absolute Gasteiger partial charge is 0.340 e. The Labute approximate surface area is 152 Å². The molecule has 0 bridgehead atoms. The maximum absolute atomic E-state index is 12.1. The van der Waals surface area contributed by atoms with Crippen LogP contribution in [0, 0.1) is 0 Å². The quantitative estimate of drug-likeness (QED) is 0.841. The third-order valence-corrected chi connectivity index (χ3v) is 3.96. The van der Waals surface area contributed by atoms with Gasteiger partial charge in [-0.1, -0.05) is 41.9 Å². The zero-order chi connectivity index (χ0) is 16.1. The molecule has 0 aliphatic carbocycles. The lowest BCUT2D eigenvalue weighted by molar-refractivity contribution is 0.0472. The number of piperazine rings is 1. The van der Waals surface area contributed by atoms with E-state index < -0.39 is 5.97 Å². The number of esters is 1. The van der Waals surface area contributed by atoms with Gasteiger partial charge in [0.25, 0.3) is 0 Å². The second kappa shape index (κ2) is 8.87. The van der Waals surface area contributed by atoms with Gasteiger partial charge >= 0.3 is 5.97 Å². The summed E-state index contributed by atoms with van der Waals surface area (Å²) in [6.07, 6.45) is 1.52. The summed E-state index contributed by atoms with van der Waals surface area (Å²) in [5.74, 6) is 0.294. The first-order valence-corrected chi connectivity index (χ1v) is 7.94. The Balaban J connectivity index is 0.00000208. The van der Waals surface area contributed by atoms with E-state index in [0.29, 0.717) is 16.4 Å². The second-order valence-electron chi connectivity index (χ2n) is 5.33. The molecule has 0 radical (unpaired) electrons. The van der Waals surface area contributed by atoms with Crippen molar-refractivity contribution >= 4 is 35.8 Å². The molecule has 1 aliphatic rings. The Bertz CT molecular complexity index is 677. The van der Waals surface area contributed by atoms with Gasteiger partial charge in [0.05, 0.1) is 10.6 Å². The first kappa shape index (κ1) is 18.5. The van der Waals surface area contributed by atoms with Crippen molar-refractivity contribution in [3.8, 4) is 0 Å². The minimum Gasteiger partial charge on any atom is -0.457 e. The van der Waals surface area contributed by atoms with Crippen LogP contribution < -0.4 is 10.2 Å². The molecular weight excluding hydrogens is 349 g/mol. The van der Waals surface area contributed by atoms with Crippen LogP contribution >= 0.6 is 24.0 Å². The third kappa shape index (κ3) is 4.60. The molecule has 1 aromatic heterocycles. The fourth-order valence-corrected chi connectivity index (χ4v) is 2.74. The molecule has 5 nitrogen and oxygen atoms in total. The molecule has 2 heterocycles. The summed E-state index contributed by atoms with van der Waals surface area (Å²) < 4.78 is 5.29. The van der Waals surface area contributed by atoms with E-state index >= 15 is 0 Å². The zero-order valence-corrected chi connectivity index (χ0v) is 14.6. The molecule has 1 N–H and O–H groups in total. The molecular formula is C17H19Cl2N3O2. The van der Waals surface area contributed by atoms with Gasteiger partial charge in [0, 0.05) is 32.4 Å². The molecule has 3 rings (SSSR count). The number of nitrogens with zero attached hydrogens (tertiary/aromatic N) is 2. The van der Waals surface area contributed by atoms with Crippen LogP contribution in [0.2, 0.25) is 5.02 Å². The molecule has 1 saturated heterocycles. The summed E-state index contributed by atoms with van der Waals surface area (Å²) in [6.45, 7) is 3.74. The van der Waals surface area contributed by atoms with Crippen molar-refractivity contribution in [3.63, 3.8) is 0 Å². The molecule has 2 aromatic rings. The predicted molar refractivity (Wildman–Crippen MR) is 97.1 cm³/mol. The van der Waals surface area contributed by atoms with Gasteiger partial charge in [0.1, 0.15) is 12.4 Å². The standard InChI is InChI=1S/C17H18ClN3O2.ClH/c18-15-10-14(11-20-16(15)21-8-6-19-7-9-21)17(22)23-12-13-4-2-1-3-5-13;/h1-5,10-11,19H,6-9,12H2;1H. The Morgan fingerprint density at radius 1 is 1.25 bits per heavy atom. The Morgan fingerprint density at radius 2 is 1.96 bits per heavy atom. The Hall–Kier alpha value is -1.82. The zero-order valence-electron chi connectivity index (χ0n) is 13.1. The molecule has 7 heteroatoms. The predicted octanol–water partition coefficient (Wildman–Crippen LogP) is 2.92. The van der Waals surface area contributed by atoms with Crippen molar-refractivity contribution in [1.82, 2.24) is 10.3 Å². The SMILES string of the molecule is Cl.O=C(OCc1ccccc1)c1cnc(N2CCNCC2)c(Cl)c1. The number of rotatable bonds is 4. The first-order chi connectivity index (χ1) is 11.2. The number of nitrogens with one attached hydrogen (secondary N) is 1. The van der Waals surface area contributed by atoms with E-state index in [2.05, 4.69) is 15.2 Å². The number of anilines is 1. The monoisotopic (exact) mass is 367 g/mol. The van der Waals surface area contributed by atoms with Crippen molar-refractivity contribution in [1.29, 1.82) is 0 Å². The van der Waals surface area contributed by atoms with E-state index in [-0.39, 0.29) is 19.0 Å². The van der Waals surface area contributed by atoms with Gasteiger partial charge in [-0.15, -0.1) is 12.4 Å². The molecule has 1 aromatic carbocycles. The Morgan fingerprint density at radius 3 is 2.62 bits per heavy atom. The molecule has 1 aliphatic heterocycles. The molecule has 0 saturated carbocycles. The van der Waals surface area contributed by atoms with Gasteiger partial charge in [0.15, 0.2) is 0 Å². The summed E-state index contributed by atoms with van der Waals surface area (Å²) in [6, 6.07) is 11.2. The second-order valence-corrected chi connectivity index (χ2v) is 5.74. The van der Waals surface area contributed by atoms with Crippen LogP contribution in [0.4, 0.5) is 5.82 Å². The average molecular weight is 368 g/mol. The average Bonchev–Trinajstić information content (AvgIpc) is 2.61. The van der Waals surface area contributed by atoms with Gasteiger partial charge < -0.3 is 15.0 Å². The number of halogens is 2. The van der Waals surface area contributed by atoms with E-state index in [1.165, 1.54) is 6.20 Å². The molecule has 128 valence electrons. The minimum atomic E-state index is -0.421. The number of pyridine rings is 1. The topological polar surface area (TPSA) is 54.5 Å². The van der Waals surface area contributed by atoms with E-state index in [1.807, 2.05) is 30.3 Å². The lowest BCUT2D eigenvalue weighted by atomic mass is 10.2. The summed E-state index contributed by atoms with van der Waals surface area (Å²) in [4.78, 5) is 18.6. The number of carbonyl (C=O) groups excluding carboxylic acids is 1. The number of hydrogen-bond acceptors (Lipinski definition) is 5. The van der Waals surface area contributed by atoms with Crippen LogP contribution in [0.1, 0.15) is 15.9 Å². The van der Waals surface area contributed by atoms with Crippen molar-refractivity contribution in [2.75, 3.05) is 31.1 Å². The lowest BCUT2D eigenvalue weighted by Gasteiger charge is -2.29. The van der Waals surface area contributed by atoms with Crippen molar-refractivity contribution < 1.29 is 9.53 Å². The molecule has 24 heavy (non-hydrogen) atoms. The van der Waals surface area contributed by atoms with Crippen molar-refractivity contribution in [2.24, 2.45) is 0 Å². The summed E-state index contributed by atoms with van der Waals surface area (Å²) in [5.41, 5.74) is 1.31. The Kier molecular flexibility index (Phi) is 6.85. The highest BCUT2D eigenvalue weighted by Gasteiger charge is 2.17.